The number of carbonyl (C=O) groups is 1. The fraction of sp³-hybridized carbons (Fsp3) is 0.414. The Morgan fingerprint density at radius 3 is 1.61 bits per heavy atom. The summed E-state index contributed by atoms with van der Waals surface area (Å²) in [6.07, 6.45) is 10.5. The molecular formula is C29H34O7. The van der Waals surface area contributed by atoms with Gasteiger partial charge < -0.3 is 28.4 Å². The van der Waals surface area contributed by atoms with Gasteiger partial charge in [-0.05, 0) is 73.2 Å². The summed E-state index contributed by atoms with van der Waals surface area (Å²) < 4.78 is 34.0. The number of benzene rings is 2. The predicted molar refractivity (Wildman–Crippen MR) is 138 cm³/mol. The summed E-state index contributed by atoms with van der Waals surface area (Å²) in [6, 6.07) is 11.2. The monoisotopic (exact) mass is 494 g/mol. The maximum Gasteiger partial charge on any atom is 0.178 e. The largest absolute Gasteiger partial charge is 0.493 e. The molecule has 7 nitrogen and oxygen atoms in total. The van der Waals surface area contributed by atoms with Gasteiger partial charge in [0.2, 0.25) is 0 Å². The van der Waals surface area contributed by atoms with E-state index >= 15 is 0 Å². The lowest BCUT2D eigenvalue weighted by atomic mass is 10.1. The lowest BCUT2D eigenvalue weighted by Gasteiger charge is -2.24. The van der Waals surface area contributed by atoms with Crippen molar-refractivity contribution >= 4 is 17.9 Å². The highest BCUT2D eigenvalue weighted by atomic mass is 16.6. The van der Waals surface area contributed by atoms with Crippen LogP contribution in [0.3, 0.4) is 0 Å². The minimum Gasteiger partial charge on any atom is -0.493 e. The van der Waals surface area contributed by atoms with E-state index in [1.807, 2.05) is 36.4 Å². The number of rotatable bonds is 10. The van der Waals surface area contributed by atoms with Gasteiger partial charge in [-0.25, -0.2) is 0 Å². The molecule has 0 bridgehead atoms. The Morgan fingerprint density at radius 2 is 1.22 bits per heavy atom. The van der Waals surface area contributed by atoms with Crippen LogP contribution in [0.2, 0.25) is 0 Å². The summed E-state index contributed by atoms with van der Waals surface area (Å²) in [5, 5.41) is 0. The van der Waals surface area contributed by atoms with Crippen molar-refractivity contribution in [3.8, 4) is 23.0 Å². The molecule has 2 aliphatic heterocycles. The highest BCUT2D eigenvalue weighted by molar-refractivity contribution is 6.04. The van der Waals surface area contributed by atoms with E-state index in [0.717, 1.165) is 50.0 Å². The zero-order valence-corrected chi connectivity index (χ0v) is 20.9. The molecule has 0 N–H and O–H groups in total. The molecule has 0 aliphatic carbocycles. The standard InChI is InChI=1S/C29H34O7/c1-31-28-17-21(9-13-26(28)35-24-5-3-15-33-19-24)7-11-23(30)12-8-22-10-14-27(29(18-22)32-2)36-25-6-4-16-34-20-25/h7-14,17-18,24-25H,3-6,15-16,19-20H2,1-2H3/b11-7+,12-8+. The second-order valence-electron chi connectivity index (χ2n) is 8.80. The molecular weight excluding hydrogens is 460 g/mol. The molecule has 36 heavy (non-hydrogen) atoms. The molecule has 0 spiro atoms. The van der Waals surface area contributed by atoms with Crippen molar-refractivity contribution in [3.63, 3.8) is 0 Å². The number of hydrogen-bond donors (Lipinski definition) is 0. The van der Waals surface area contributed by atoms with Gasteiger partial charge in [-0.3, -0.25) is 4.79 Å². The fourth-order valence-electron chi connectivity index (χ4n) is 4.15. The van der Waals surface area contributed by atoms with Gasteiger partial charge in [0.05, 0.1) is 27.4 Å². The average molecular weight is 495 g/mol. The first-order valence-electron chi connectivity index (χ1n) is 12.4. The third kappa shape index (κ3) is 7.35. The van der Waals surface area contributed by atoms with Crippen LogP contribution >= 0.6 is 0 Å². The number of ether oxygens (including phenoxy) is 6. The maximum atomic E-state index is 12.4. The molecule has 2 aromatic rings. The van der Waals surface area contributed by atoms with E-state index in [0.29, 0.717) is 36.2 Å². The number of allylic oxidation sites excluding steroid dienone is 2. The summed E-state index contributed by atoms with van der Waals surface area (Å²) in [6.45, 7) is 2.74. The van der Waals surface area contributed by atoms with Gasteiger partial charge in [0.1, 0.15) is 12.2 Å². The van der Waals surface area contributed by atoms with Crippen molar-refractivity contribution in [1.29, 1.82) is 0 Å². The van der Waals surface area contributed by atoms with Crippen LogP contribution in [0.1, 0.15) is 36.8 Å². The fourth-order valence-corrected chi connectivity index (χ4v) is 4.15. The van der Waals surface area contributed by atoms with E-state index in [1.54, 1.807) is 26.4 Å². The normalized spacial score (nSPS) is 20.4. The number of ketones is 1. The van der Waals surface area contributed by atoms with E-state index in [9.17, 15) is 4.79 Å². The smallest absolute Gasteiger partial charge is 0.178 e. The second-order valence-corrected chi connectivity index (χ2v) is 8.80. The zero-order valence-electron chi connectivity index (χ0n) is 20.9. The average Bonchev–Trinajstić information content (AvgIpc) is 2.93. The van der Waals surface area contributed by atoms with Crippen molar-refractivity contribution in [3.05, 3.63) is 59.7 Å². The van der Waals surface area contributed by atoms with E-state index in [1.165, 1.54) is 12.2 Å². The third-order valence-corrected chi connectivity index (χ3v) is 6.08. The summed E-state index contributed by atoms with van der Waals surface area (Å²) in [4.78, 5) is 12.4. The molecule has 2 saturated heterocycles. The Bertz CT molecular complexity index is 980. The lowest BCUT2D eigenvalue weighted by molar-refractivity contribution is -0.110. The van der Waals surface area contributed by atoms with Crippen LogP contribution in [0.15, 0.2) is 48.6 Å². The first-order valence-corrected chi connectivity index (χ1v) is 12.4. The van der Waals surface area contributed by atoms with Crippen LogP contribution < -0.4 is 18.9 Å². The van der Waals surface area contributed by atoms with Gasteiger partial charge in [-0.2, -0.15) is 0 Å². The number of hydrogen-bond acceptors (Lipinski definition) is 7. The molecule has 4 rings (SSSR count). The molecule has 7 heteroatoms. The quantitative estimate of drug-likeness (QED) is 0.425. The number of methoxy groups -OCH3 is 2. The molecule has 2 aliphatic rings. The minimum absolute atomic E-state index is 0.0290. The summed E-state index contributed by atoms with van der Waals surface area (Å²) in [5.74, 6) is 2.47. The van der Waals surface area contributed by atoms with Crippen molar-refractivity contribution in [2.24, 2.45) is 0 Å². The highest BCUT2D eigenvalue weighted by Crippen LogP contribution is 2.32. The molecule has 192 valence electrons. The van der Waals surface area contributed by atoms with Gasteiger partial charge in [-0.1, -0.05) is 24.3 Å². The maximum absolute atomic E-state index is 12.4. The molecule has 2 fully saturated rings. The van der Waals surface area contributed by atoms with Crippen LogP contribution in [0.25, 0.3) is 12.2 Å². The topological polar surface area (TPSA) is 72.5 Å². The van der Waals surface area contributed by atoms with Crippen molar-refractivity contribution < 1.29 is 33.2 Å². The van der Waals surface area contributed by atoms with E-state index < -0.39 is 0 Å². The van der Waals surface area contributed by atoms with Gasteiger partial charge in [-0.15, -0.1) is 0 Å². The van der Waals surface area contributed by atoms with E-state index in [-0.39, 0.29) is 18.0 Å². The first-order chi connectivity index (χ1) is 17.6. The second kappa shape index (κ2) is 13.1. The van der Waals surface area contributed by atoms with Crippen molar-refractivity contribution in [1.82, 2.24) is 0 Å². The van der Waals surface area contributed by atoms with Gasteiger partial charge in [0, 0.05) is 13.2 Å². The molecule has 2 aromatic carbocycles. The molecule has 2 atom stereocenters. The highest BCUT2D eigenvalue weighted by Gasteiger charge is 2.18. The molecule has 0 radical (unpaired) electrons. The summed E-state index contributed by atoms with van der Waals surface area (Å²) in [5.41, 5.74) is 1.69. The molecule has 0 saturated carbocycles. The van der Waals surface area contributed by atoms with Crippen LogP contribution in [-0.2, 0) is 14.3 Å². The zero-order chi connectivity index (χ0) is 25.2. The SMILES string of the molecule is COc1cc(/C=C/C(=O)/C=C/c2ccc(OC3CCCOC3)c(OC)c2)ccc1OC1CCCOC1. The molecule has 0 aromatic heterocycles. The molecule has 2 unspecified atom stereocenters. The predicted octanol–water partition coefficient (Wildman–Crippen LogP) is 5.12. The molecule has 2 heterocycles. The Hall–Kier alpha value is -3.29. The Kier molecular flexibility index (Phi) is 9.41. The van der Waals surface area contributed by atoms with E-state index in [4.69, 9.17) is 28.4 Å². The summed E-state index contributed by atoms with van der Waals surface area (Å²) >= 11 is 0. The van der Waals surface area contributed by atoms with Crippen LogP contribution in [-0.4, -0.2) is 58.6 Å². The van der Waals surface area contributed by atoms with Crippen LogP contribution in [0.4, 0.5) is 0 Å². The van der Waals surface area contributed by atoms with Gasteiger partial charge >= 0.3 is 0 Å². The third-order valence-electron chi connectivity index (χ3n) is 6.08. The Balaban J connectivity index is 1.35. The lowest BCUT2D eigenvalue weighted by Crippen LogP contribution is -2.28. The van der Waals surface area contributed by atoms with Gasteiger partial charge in [0.15, 0.2) is 28.8 Å². The molecule has 0 amide bonds. The van der Waals surface area contributed by atoms with Gasteiger partial charge in [0.25, 0.3) is 0 Å². The minimum atomic E-state index is -0.132. The van der Waals surface area contributed by atoms with Crippen LogP contribution in [0.5, 0.6) is 23.0 Å². The van der Waals surface area contributed by atoms with Crippen molar-refractivity contribution in [2.75, 3.05) is 40.6 Å². The first kappa shape index (κ1) is 25.8. The number of carbonyl (C=O) groups excluding carboxylic acids is 1. The van der Waals surface area contributed by atoms with E-state index in [2.05, 4.69) is 0 Å². The summed E-state index contributed by atoms with van der Waals surface area (Å²) in [7, 11) is 3.21. The Labute approximate surface area is 212 Å². The Morgan fingerprint density at radius 1 is 0.750 bits per heavy atom. The van der Waals surface area contributed by atoms with Crippen LogP contribution in [0, 0.1) is 0 Å². The van der Waals surface area contributed by atoms with Crippen molar-refractivity contribution in [2.45, 2.75) is 37.9 Å².